The molecule has 4 rings (SSSR count). The van der Waals surface area contributed by atoms with Crippen LogP contribution < -0.4 is 10.1 Å². The van der Waals surface area contributed by atoms with Gasteiger partial charge in [0, 0.05) is 23.0 Å². The summed E-state index contributed by atoms with van der Waals surface area (Å²) in [5.41, 5.74) is 2.21. The minimum atomic E-state index is -1.09. The summed E-state index contributed by atoms with van der Waals surface area (Å²) in [6, 6.07) is 16.2. The van der Waals surface area contributed by atoms with Gasteiger partial charge in [-0.05, 0) is 30.2 Å². The third-order valence-electron chi connectivity index (χ3n) is 4.67. The SMILES string of the molecule is O=C(O)NC1=NCCC2(CC(c3ccccc3)Oc3ccc(Br)cc32)S1. The van der Waals surface area contributed by atoms with Gasteiger partial charge in [0.1, 0.15) is 11.9 Å². The summed E-state index contributed by atoms with van der Waals surface area (Å²) in [5, 5.41) is 12.0. The largest absolute Gasteiger partial charge is 0.485 e. The molecule has 0 radical (unpaired) electrons. The second kappa shape index (κ2) is 6.96. The van der Waals surface area contributed by atoms with Crippen LogP contribution in [0.4, 0.5) is 4.79 Å². The van der Waals surface area contributed by atoms with Gasteiger partial charge in [-0.1, -0.05) is 58.0 Å². The van der Waals surface area contributed by atoms with Gasteiger partial charge in [0.25, 0.3) is 0 Å². The highest BCUT2D eigenvalue weighted by atomic mass is 79.9. The van der Waals surface area contributed by atoms with Crippen molar-refractivity contribution in [3.8, 4) is 5.75 Å². The van der Waals surface area contributed by atoms with Gasteiger partial charge in [-0.2, -0.15) is 0 Å². The van der Waals surface area contributed by atoms with Gasteiger partial charge in [-0.25, -0.2) is 4.79 Å². The molecule has 0 saturated heterocycles. The zero-order valence-electron chi connectivity index (χ0n) is 13.8. The Hall–Kier alpha value is -1.99. The lowest BCUT2D eigenvalue weighted by atomic mass is 9.84. The highest BCUT2D eigenvalue weighted by Gasteiger charge is 2.45. The number of carboxylic acid groups (broad SMARTS) is 1. The lowest BCUT2D eigenvalue weighted by molar-refractivity contribution is 0.149. The zero-order chi connectivity index (χ0) is 18.1. The molecule has 5 nitrogen and oxygen atoms in total. The summed E-state index contributed by atoms with van der Waals surface area (Å²) >= 11 is 5.04. The van der Waals surface area contributed by atoms with E-state index in [0.29, 0.717) is 11.7 Å². The Morgan fingerprint density at radius 2 is 2.12 bits per heavy atom. The molecule has 134 valence electrons. The maximum atomic E-state index is 11.1. The van der Waals surface area contributed by atoms with E-state index in [0.717, 1.165) is 34.2 Å². The Morgan fingerprint density at radius 1 is 1.31 bits per heavy atom. The Labute approximate surface area is 164 Å². The quantitative estimate of drug-likeness (QED) is 0.669. The van der Waals surface area contributed by atoms with E-state index in [1.54, 1.807) is 0 Å². The van der Waals surface area contributed by atoms with Crippen molar-refractivity contribution >= 4 is 39.0 Å². The van der Waals surface area contributed by atoms with Crippen LogP contribution in [0.5, 0.6) is 5.75 Å². The summed E-state index contributed by atoms with van der Waals surface area (Å²) in [5.74, 6) is 0.845. The maximum Gasteiger partial charge on any atom is 0.410 e. The molecule has 0 fully saturated rings. The van der Waals surface area contributed by atoms with E-state index in [1.165, 1.54) is 11.8 Å². The second-order valence-electron chi connectivity index (χ2n) is 6.33. The molecule has 0 saturated carbocycles. The van der Waals surface area contributed by atoms with Crippen LogP contribution in [0.25, 0.3) is 0 Å². The van der Waals surface area contributed by atoms with E-state index in [9.17, 15) is 4.79 Å². The molecule has 2 atom stereocenters. The molecule has 2 aromatic rings. The van der Waals surface area contributed by atoms with Gasteiger partial charge in [-0.15, -0.1) is 0 Å². The monoisotopic (exact) mass is 432 g/mol. The molecule has 1 amide bonds. The fraction of sp³-hybridized carbons (Fsp3) is 0.263. The van der Waals surface area contributed by atoms with E-state index in [-0.39, 0.29) is 10.9 Å². The molecule has 26 heavy (non-hydrogen) atoms. The number of halogens is 1. The van der Waals surface area contributed by atoms with E-state index < -0.39 is 6.09 Å². The van der Waals surface area contributed by atoms with Crippen LogP contribution in [0, 0.1) is 0 Å². The summed E-state index contributed by atoms with van der Waals surface area (Å²) < 4.78 is 7.01. The number of amides is 1. The number of benzene rings is 2. The van der Waals surface area contributed by atoms with Crippen LogP contribution in [0.3, 0.4) is 0 Å². The van der Waals surface area contributed by atoms with Crippen molar-refractivity contribution < 1.29 is 14.6 Å². The van der Waals surface area contributed by atoms with Gasteiger partial charge in [0.05, 0.1) is 4.75 Å². The molecular formula is C19H17BrN2O3S. The van der Waals surface area contributed by atoms with Crippen molar-refractivity contribution in [2.45, 2.75) is 23.7 Å². The Morgan fingerprint density at radius 3 is 2.88 bits per heavy atom. The molecule has 0 aliphatic carbocycles. The van der Waals surface area contributed by atoms with Crippen LogP contribution in [-0.4, -0.2) is 22.9 Å². The molecule has 2 unspecified atom stereocenters. The number of hydrogen-bond acceptors (Lipinski definition) is 4. The van der Waals surface area contributed by atoms with Crippen molar-refractivity contribution in [3.05, 3.63) is 64.1 Å². The van der Waals surface area contributed by atoms with Crippen molar-refractivity contribution in [1.82, 2.24) is 5.32 Å². The number of nitrogens with one attached hydrogen (secondary N) is 1. The van der Waals surface area contributed by atoms with Crippen LogP contribution in [0.15, 0.2) is 58.0 Å². The number of hydrogen-bond donors (Lipinski definition) is 2. The Kier molecular flexibility index (Phi) is 4.67. The van der Waals surface area contributed by atoms with E-state index in [2.05, 4.69) is 44.4 Å². The first-order valence-electron chi connectivity index (χ1n) is 8.31. The predicted octanol–water partition coefficient (Wildman–Crippen LogP) is 4.93. The summed E-state index contributed by atoms with van der Waals surface area (Å²) in [7, 11) is 0. The third-order valence-corrected chi connectivity index (χ3v) is 6.56. The first-order valence-corrected chi connectivity index (χ1v) is 9.92. The number of aliphatic imine (C=N–C) groups is 1. The summed E-state index contributed by atoms with van der Waals surface area (Å²) in [4.78, 5) is 15.4. The van der Waals surface area contributed by atoms with Crippen molar-refractivity contribution in [2.75, 3.05) is 6.54 Å². The second-order valence-corrected chi connectivity index (χ2v) is 8.61. The van der Waals surface area contributed by atoms with Crippen LogP contribution in [0.1, 0.15) is 30.1 Å². The zero-order valence-corrected chi connectivity index (χ0v) is 16.2. The molecule has 2 aromatic carbocycles. The van der Waals surface area contributed by atoms with Gasteiger partial charge >= 0.3 is 6.09 Å². The average Bonchev–Trinajstić information content (AvgIpc) is 2.63. The number of ether oxygens (including phenoxy) is 1. The first-order chi connectivity index (χ1) is 12.6. The lowest BCUT2D eigenvalue weighted by Gasteiger charge is -2.43. The van der Waals surface area contributed by atoms with E-state index in [1.807, 2.05) is 30.3 Å². The van der Waals surface area contributed by atoms with Gasteiger partial charge < -0.3 is 9.84 Å². The van der Waals surface area contributed by atoms with Crippen LogP contribution in [-0.2, 0) is 4.75 Å². The predicted molar refractivity (Wildman–Crippen MR) is 106 cm³/mol. The fourth-order valence-corrected chi connectivity index (χ4v) is 5.24. The standard InChI is InChI=1S/C19H17BrN2O3S/c20-13-6-7-15-14(10-13)19(8-9-21-17(26-19)22-18(23)24)11-16(25-15)12-4-2-1-3-5-12/h1-7,10,16H,8-9,11H2,(H,21,22)(H,23,24). The molecule has 0 aromatic heterocycles. The molecule has 2 heterocycles. The minimum absolute atomic E-state index is 0.0819. The molecule has 2 aliphatic rings. The average molecular weight is 433 g/mol. The topological polar surface area (TPSA) is 70.9 Å². The fourth-order valence-electron chi connectivity index (χ4n) is 3.52. The third kappa shape index (κ3) is 3.33. The summed E-state index contributed by atoms with van der Waals surface area (Å²) in [6.45, 7) is 0.579. The van der Waals surface area contributed by atoms with Gasteiger partial charge in [0.2, 0.25) is 0 Å². The van der Waals surface area contributed by atoms with Gasteiger partial charge in [-0.3, -0.25) is 10.3 Å². The molecule has 0 bridgehead atoms. The lowest BCUT2D eigenvalue weighted by Crippen LogP contribution is -2.40. The van der Waals surface area contributed by atoms with E-state index in [4.69, 9.17) is 9.84 Å². The number of carbonyl (C=O) groups is 1. The molecular weight excluding hydrogens is 416 g/mol. The van der Waals surface area contributed by atoms with Crippen LogP contribution in [0.2, 0.25) is 0 Å². The first kappa shape index (κ1) is 17.4. The molecule has 2 aliphatic heterocycles. The number of fused-ring (bicyclic) bond motifs is 2. The maximum absolute atomic E-state index is 11.1. The number of rotatable bonds is 1. The molecule has 2 N–H and O–H groups in total. The number of nitrogens with zero attached hydrogens (tertiary/aromatic N) is 1. The van der Waals surface area contributed by atoms with Crippen molar-refractivity contribution in [3.63, 3.8) is 0 Å². The Balaban J connectivity index is 1.76. The molecule has 1 spiro atoms. The number of thioether (sulfide) groups is 1. The van der Waals surface area contributed by atoms with Crippen molar-refractivity contribution in [1.29, 1.82) is 0 Å². The van der Waals surface area contributed by atoms with Crippen molar-refractivity contribution in [2.24, 2.45) is 4.99 Å². The highest BCUT2D eigenvalue weighted by molar-refractivity contribution is 9.10. The van der Waals surface area contributed by atoms with E-state index >= 15 is 0 Å². The normalized spacial score (nSPS) is 24.3. The molecule has 7 heteroatoms. The summed E-state index contributed by atoms with van der Waals surface area (Å²) in [6.07, 6.45) is 0.417. The van der Waals surface area contributed by atoms with Crippen LogP contribution >= 0.6 is 27.7 Å². The van der Waals surface area contributed by atoms with Gasteiger partial charge in [0.15, 0.2) is 5.17 Å². The minimum Gasteiger partial charge on any atom is -0.485 e. The smallest absolute Gasteiger partial charge is 0.410 e. The highest BCUT2D eigenvalue weighted by Crippen LogP contribution is 2.55. The number of amidine groups is 1. The Bertz CT molecular complexity index is 874.